The number of morpholine rings is 1. The number of hydrogen-bond donors (Lipinski definition) is 1. The van der Waals surface area contributed by atoms with E-state index in [9.17, 15) is 13.2 Å². The number of aryl methyl sites for hydroxylation is 1. The monoisotopic (exact) mass is 313 g/mol. The topological polar surface area (TPSA) is 88.6 Å². The molecule has 1 aliphatic heterocycles. The summed E-state index contributed by atoms with van der Waals surface area (Å²) in [7, 11) is -3.37. The Morgan fingerprint density at radius 1 is 1.57 bits per heavy atom. The molecule has 1 saturated heterocycles. The Bertz CT molecular complexity index is 618. The van der Waals surface area contributed by atoms with Gasteiger partial charge in [-0.15, -0.1) is 0 Å². The fourth-order valence-electron chi connectivity index (χ4n) is 2.15. The first-order valence-corrected chi connectivity index (χ1v) is 8.51. The molecule has 116 valence electrons. The predicted octanol–water partition coefficient (Wildman–Crippen LogP) is -0.161. The summed E-state index contributed by atoms with van der Waals surface area (Å²) >= 11 is 0. The molecule has 8 heteroatoms. The number of pyridine rings is 1. The van der Waals surface area contributed by atoms with Crippen LogP contribution in [0.4, 0.5) is 0 Å². The van der Waals surface area contributed by atoms with Gasteiger partial charge in [0, 0.05) is 18.4 Å². The van der Waals surface area contributed by atoms with Gasteiger partial charge in [-0.2, -0.15) is 0 Å². The van der Waals surface area contributed by atoms with Crippen molar-refractivity contribution in [3.05, 3.63) is 29.6 Å². The summed E-state index contributed by atoms with van der Waals surface area (Å²) in [4.78, 5) is 17.8. The van der Waals surface area contributed by atoms with E-state index < -0.39 is 10.0 Å². The van der Waals surface area contributed by atoms with Gasteiger partial charge in [0.2, 0.25) is 15.9 Å². The molecule has 0 aliphatic carbocycles. The van der Waals surface area contributed by atoms with Gasteiger partial charge in [0.1, 0.15) is 6.10 Å². The highest BCUT2D eigenvalue weighted by Crippen LogP contribution is 2.22. The molecule has 1 amide bonds. The van der Waals surface area contributed by atoms with Gasteiger partial charge < -0.3 is 9.64 Å². The van der Waals surface area contributed by atoms with Crippen LogP contribution in [0, 0.1) is 6.92 Å². The molecule has 1 aromatic heterocycles. The molecule has 7 nitrogen and oxygen atoms in total. The highest BCUT2D eigenvalue weighted by Gasteiger charge is 2.25. The van der Waals surface area contributed by atoms with Crippen molar-refractivity contribution >= 4 is 15.9 Å². The van der Waals surface area contributed by atoms with Crippen molar-refractivity contribution in [2.75, 3.05) is 32.5 Å². The van der Waals surface area contributed by atoms with Crippen LogP contribution in [0.15, 0.2) is 18.3 Å². The van der Waals surface area contributed by atoms with Crippen molar-refractivity contribution in [2.24, 2.45) is 0 Å². The van der Waals surface area contributed by atoms with Crippen molar-refractivity contribution in [3.8, 4) is 0 Å². The van der Waals surface area contributed by atoms with E-state index in [0.717, 1.165) is 17.5 Å². The fourth-order valence-corrected chi connectivity index (χ4v) is 2.54. The van der Waals surface area contributed by atoms with Crippen LogP contribution in [-0.4, -0.2) is 56.7 Å². The lowest BCUT2D eigenvalue weighted by Crippen LogP contribution is -2.46. The van der Waals surface area contributed by atoms with Crippen LogP contribution >= 0.6 is 0 Å². The summed E-state index contributed by atoms with van der Waals surface area (Å²) in [5.74, 6) is -0.250. The average molecular weight is 313 g/mol. The molecule has 2 rings (SSSR count). The molecule has 1 atom stereocenters. The van der Waals surface area contributed by atoms with Gasteiger partial charge in [-0.05, 0) is 24.6 Å². The first-order chi connectivity index (χ1) is 9.85. The van der Waals surface area contributed by atoms with Crippen LogP contribution in [0.5, 0.6) is 0 Å². The zero-order valence-electron chi connectivity index (χ0n) is 12.1. The lowest BCUT2D eigenvalue weighted by atomic mass is 10.1. The van der Waals surface area contributed by atoms with Crippen molar-refractivity contribution in [3.63, 3.8) is 0 Å². The smallest absolute Gasteiger partial charge is 0.237 e. The maximum Gasteiger partial charge on any atom is 0.237 e. The van der Waals surface area contributed by atoms with E-state index in [-0.39, 0.29) is 18.6 Å². The predicted molar refractivity (Wildman–Crippen MR) is 77.1 cm³/mol. The Morgan fingerprint density at radius 3 is 3.00 bits per heavy atom. The molecule has 1 N–H and O–H groups in total. The molecule has 0 aromatic carbocycles. The average Bonchev–Trinajstić information content (AvgIpc) is 2.44. The minimum Gasteiger partial charge on any atom is -0.370 e. The maximum absolute atomic E-state index is 12.0. The summed E-state index contributed by atoms with van der Waals surface area (Å²) in [5.41, 5.74) is 1.86. The van der Waals surface area contributed by atoms with E-state index >= 15 is 0 Å². The second-order valence-corrected chi connectivity index (χ2v) is 6.86. The summed E-state index contributed by atoms with van der Waals surface area (Å²) in [5, 5.41) is 0. The van der Waals surface area contributed by atoms with E-state index in [0.29, 0.717) is 19.7 Å². The van der Waals surface area contributed by atoms with Gasteiger partial charge in [0.25, 0.3) is 0 Å². The summed E-state index contributed by atoms with van der Waals surface area (Å²) in [6.07, 6.45) is 2.53. The summed E-state index contributed by atoms with van der Waals surface area (Å²) in [6, 6.07) is 3.79. The van der Waals surface area contributed by atoms with Crippen LogP contribution in [-0.2, 0) is 19.6 Å². The third-order valence-electron chi connectivity index (χ3n) is 3.20. The molecular weight excluding hydrogens is 294 g/mol. The largest absolute Gasteiger partial charge is 0.370 e. The minimum atomic E-state index is -3.37. The third-order valence-corrected chi connectivity index (χ3v) is 3.87. The second kappa shape index (κ2) is 6.50. The van der Waals surface area contributed by atoms with E-state index in [1.807, 2.05) is 19.1 Å². The molecule has 0 bridgehead atoms. The quantitative estimate of drug-likeness (QED) is 0.834. The molecular formula is C13H19N3O4S. The molecule has 1 aromatic rings. The third kappa shape index (κ3) is 4.76. The van der Waals surface area contributed by atoms with Crippen molar-refractivity contribution in [1.29, 1.82) is 0 Å². The molecule has 0 radical (unpaired) electrons. The van der Waals surface area contributed by atoms with E-state index in [4.69, 9.17) is 4.74 Å². The van der Waals surface area contributed by atoms with E-state index in [1.54, 1.807) is 11.1 Å². The Balaban J connectivity index is 1.99. The maximum atomic E-state index is 12.0. The van der Waals surface area contributed by atoms with Crippen molar-refractivity contribution in [1.82, 2.24) is 14.6 Å². The van der Waals surface area contributed by atoms with Gasteiger partial charge in [-0.3, -0.25) is 9.78 Å². The van der Waals surface area contributed by atoms with Gasteiger partial charge in [-0.1, -0.05) is 0 Å². The summed E-state index contributed by atoms with van der Waals surface area (Å²) < 4.78 is 30.0. The van der Waals surface area contributed by atoms with Crippen LogP contribution in [0.2, 0.25) is 0 Å². The fraction of sp³-hybridized carbons (Fsp3) is 0.538. The minimum absolute atomic E-state index is 0.206. The number of rotatable bonds is 4. The van der Waals surface area contributed by atoms with Crippen LogP contribution in [0.3, 0.4) is 0 Å². The molecule has 21 heavy (non-hydrogen) atoms. The SMILES string of the molecule is Cc1cc([C@@H]2CN(C(=O)CNS(C)(=O)=O)CCO2)ccn1. The number of carbonyl (C=O) groups excluding carboxylic acids is 1. The first kappa shape index (κ1) is 15.9. The zero-order valence-corrected chi connectivity index (χ0v) is 12.9. The normalized spacial score (nSPS) is 19.5. The van der Waals surface area contributed by atoms with Crippen LogP contribution < -0.4 is 4.72 Å². The van der Waals surface area contributed by atoms with Gasteiger partial charge >= 0.3 is 0 Å². The highest BCUT2D eigenvalue weighted by molar-refractivity contribution is 7.88. The number of carbonyl (C=O) groups is 1. The molecule has 0 saturated carbocycles. The molecule has 2 heterocycles. The molecule has 0 spiro atoms. The highest BCUT2D eigenvalue weighted by atomic mass is 32.2. The standard InChI is InChI=1S/C13H19N3O4S/c1-10-7-11(3-4-14-10)12-9-16(5-6-20-12)13(17)8-15-21(2,18)19/h3-4,7,12,15H,5-6,8-9H2,1-2H3/t12-/m0/s1. The van der Waals surface area contributed by atoms with Gasteiger partial charge in [-0.25, -0.2) is 13.1 Å². The Labute approximate surface area is 124 Å². The van der Waals surface area contributed by atoms with Gasteiger partial charge in [0.15, 0.2) is 0 Å². The van der Waals surface area contributed by atoms with E-state index in [2.05, 4.69) is 9.71 Å². The lowest BCUT2D eigenvalue weighted by Gasteiger charge is -2.33. The number of ether oxygens (including phenoxy) is 1. The molecule has 1 fully saturated rings. The summed E-state index contributed by atoms with van der Waals surface area (Å²) in [6.45, 7) is 2.97. The number of amides is 1. The Kier molecular flexibility index (Phi) is 4.92. The second-order valence-electron chi connectivity index (χ2n) is 5.02. The number of sulfonamides is 1. The number of aromatic nitrogens is 1. The molecule has 0 unspecified atom stereocenters. The first-order valence-electron chi connectivity index (χ1n) is 6.62. The number of nitrogens with one attached hydrogen (secondary N) is 1. The lowest BCUT2D eigenvalue weighted by molar-refractivity contribution is -0.137. The van der Waals surface area contributed by atoms with Crippen molar-refractivity contribution < 1.29 is 17.9 Å². The Hall–Kier alpha value is -1.51. The zero-order chi connectivity index (χ0) is 15.5. The number of hydrogen-bond acceptors (Lipinski definition) is 5. The van der Waals surface area contributed by atoms with Crippen LogP contribution in [0.1, 0.15) is 17.4 Å². The Morgan fingerprint density at radius 2 is 2.33 bits per heavy atom. The van der Waals surface area contributed by atoms with Crippen LogP contribution in [0.25, 0.3) is 0 Å². The van der Waals surface area contributed by atoms with E-state index in [1.165, 1.54) is 0 Å². The number of nitrogens with zero attached hydrogens (tertiary/aromatic N) is 2. The van der Waals surface area contributed by atoms with Gasteiger partial charge in [0.05, 0.1) is 26.0 Å². The van der Waals surface area contributed by atoms with Crippen molar-refractivity contribution in [2.45, 2.75) is 13.0 Å². The molecule has 1 aliphatic rings.